The zero-order valence-corrected chi connectivity index (χ0v) is 24.3. The van der Waals surface area contributed by atoms with Gasteiger partial charge in [-0.15, -0.1) is 10.2 Å². The molecule has 4 aromatic rings. The van der Waals surface area contributed by atoms with E-state index in [1.165, 1.54) is 31.1 Å². The van der Waals surface area contributed by atoms with Gasteiger partial charge in [-0.3, -0.25) is 9.69 Å². The van der Waals surface area contributed by atoms with Gasteiger partial charge in [0.1, 0.15) is 23.6 Å². The van der Waals surface area contributed by atoms with Gasteiger partial charge < -0.3 is 15.6 Å². The molecular formula is C31H30F4N8O. The molecule has 0 spiro atoms. The molecule has 3 N–H and O–H groups in total. The highest BCUT2D eigenvalue weighted by Crippen LogP contribution is 2.41. The first kappa shape index (κ1) is 30.6. The third-order valence-electron chi connectivity index (χ3n) is 7.47. The number of carbonyl (C=O) groups is 1. The quantitative estimate of drug-likeness (QED) is 0.174. The van der Waals surface area contributed by atoms with E-state index < -0.39 is 23.3 Å². The molecule has 5 rings (SSSR count). The number of pyridine rings is 1. The largest absolute Gasteiger partial charge is 0.416 e. The molecule has 0 unspecified atom stereocenters. The van der Waals surface area contributed by atoms with Crippen LogP contribution in [-0.2, 0) is 32.0 Å². The fraction of sp³-hybridized carbons (Fsp3) is 0.323. The van der Waals surface area contributed by atoms with Gasteiger partial charge in [0, 0.05) is 37.7 Å². The number of rotatable bonds is 9. The summed E-state index contributed by atoms with van der Waals surface area (Å²) >= 11 is 0. The number of aromatic nitrogens is 4. The van der Waals surface area contributed by atoms with Crippen LogP contribution in [0.3, 0.4) is 0 Å². The van der Waals surface area contributed by atoms with E-state index in [0.29, 0.717) is 53.3 Å². The first-order valence-electron chi connectivity index (χ1n) is 13.9. The minimum atomic E-state index is -4.70. The van der Waals surface area contributed by atoms with E-state index in [4.69, 9.17) is 11.0 Å². The van der Waals surface area contributed by atoms with Crippen molar-refractivity contribution in [1.82, 2.24) is 19.7 Å². The van der Waals surface area contributed by atoms with Gasteiger partial charge in [-0.1, -0.05) is 12.1 Å². The predicted molar refractivity (Wildman–Crippen MR) is 157 cm³/mol. The molecule has 1 aliphatic heterocycles. The van der Waals surface area contributed by atoms with Gasteiger partial charge in [0.05, 0.1) is 18.2 Å². The van der Waals surface area contributed by atoms with Gasteiger partial charge in [-0.25, -0.2) is 9.37 Å². The van der Waals surface area contributed by atoms with Crippen LogP contribution in [0.4, 0.5) is 29.2 Å². The first-order valence-corrected chi connectivity index (χ1v) is 13.9. The summed E-state index contributed by atoms with van der Waals surface area (Å²) in [4.78, 5) is 19.4. The van der Waals surface area contributed by atoms with Crippen LogP contribution in [0.1, 0.15) is 59.3 Å². The second kappa shape index (κ2) is 11.7. The Morgan fingerprint density at radius 3 is 2.48 bits per heavy atom. The van der Waals surface area contributed by atoms with Crippen molar-refractivity contribution in [3.05, 3.63) is 76.6 Å². The second-order valence-corrected chi connectivity index (χ2v) is 11.0. The van der Waals surface area contributed by atoms with E-state index in [9.17, 15) is 18.0 Å². The molecule has 0 atom stereocenters. The number of hydrogen-bond donors (Lipinski definition) is 2. The van der Waals surface area contributed by atoms with Gasteiger partial charge in [-0.05, 0) is 78.4 Å². The van der Waals surface area contributed by atoms with Crippen molar-refractivity contribution in [2.75, 3.05) is 16.8 Å². The maximum absolute atomic E-state index is 15.2. The molecular weight excluding hydrogens is 576 g/mol. The highest BCUT2D eigenvalue weighted by atomic mass is 19.4. The molecule has 1 aliphatic rings. The number of anilines is 2. The Labute approximate surface area is 251 Å². The smallest absolute Gasteiger partial charge is 0.370 e. The summed E-state index contributed by atoms with van der Waals surface area (Å²) in [5, 5.41) is 20.3. The Bertz CT molecular complexity index is 1770. The van der Waals surface area contributed by atoms with E-state index >= 15 is 4.39 Å². The van der Waals surface area contributed by atoms with Gasteiger partial charge in [0.15, 0.2) is 5.82 Å². The standard InChI is InChI=1S/C31H30F4N8O/c1-30(2,32)20-6-7-21(28-41-39-17-42(28)3)22(14-20)19-12-26(38-9-5-4-8-36)40-27(13-19)43-16-24-23(29(43)44)10-18(15-37)11-25(24)31(33,34)35/h6-7,10-14,17H,4-5,9,15-16,37H2,1-3H3,(H,38,40). The molecule has 0 saturated carbocycles. The minimum Gasteiger partial charge on any atom is -0.370 e. The van der Waals surface area contributed by atoms with E-state index in [1.54, 1.807) is 41.9 Å². The molecule has 3 heterocycles. The average molecular weight is 607 g/mol. The molecule has 0 aliphatic carbocycles. The Morgan fingerprint density at radius 1 is 1.07 bits per heavy atom. The maximum Gasteiger partial charge on any atom is 0.416 e. The van der Waals surface area contributed by atoms with E-state index in [-0.39, 0.29) is 35.6 Å². The van der Waals surface area contributed by atoms with Gasteiger partial charge in [-0.2, -0.15) is 18.4 Å². The summed E-state index contributed by atoms with van der Waals surface area (Å²) in [7, 11) is 1.76. The highest BCUT2D eigenvalue weighted by molar-refractivity contribution is 6.10. The monoisotopic (exact) mass is 606 g/mol. The second-order valence-electron chi connectivity index (χ2n) is 11.0. The lowest BCUT2D eigenvalue weighted by molar-refractivity contribution is -0.138. The molecule has 0 radical (unpaired) electrons. The van der Waals surface area contributed by atoms with Crippen LogP contribution < -0.4 is 16.0 Å². The van der Waals surface area contributed by atoms with Crippen LogP contribution in [0.2, 0.25) is 0 Å². The lowest BCUT2D eigenvalue weighted by Gasteiger charge is -2.21. The summed E-state index contributed by atoms with van der Waals surface area (Å²) in [6.07, 6.45) is -2.36. The van der Waals surface area contributed by atoms with E-state index in [2.05, 4.69) is 26.6 Å². The van der Waals surface area contributed by atoms with Crippen molar-refractivity contribution in [3.63, 3.8) is 0 Å². The van der Waals surface area contributed by atoms with Crippen LogP contribution >= 0.6 is 0 Å². The van der Waals surface area contributed by atoms with Crippen LogP contribution in [-0.4, -0.2) is 32.2 Å². The number of alkyl halides is 4. The number of fused-ring (bicyclic) bond motifs is 1. The van der Waals surface area contributed by atoms with Crippen molar-refractivity contribution >= 4 is 17.5 Å². The predicted octanol–water partition coefficient (Wildman–Crippen LogP) is 6.10. The Morgan fingerprint density at radius 2 is 1.84 bits per heavy atom. The number of unbranched alkanes of at least 4 members (excludes halogenated alkanes) is 1. The lowest BCUT2D eigenvalue weighted by atomic mass is 9.91. The zero-order valence-electron chi connectivity index (χ0n) is 24.3. The normalized spacial score (nSPS) is 13.2. The number of hydrogen-bond acceptors (Lipinski definition) is 7. The number of nitrogens with one attached hydrogen (secondary N) is 1. The molecule has 44 heavy (non-hydrogen) atoms. The molecule has 9 nitrogen and oxygen atoms in total. The Balaban J connectivity index is 1.68. The number of carbonyl (C=O) groups excluding carboxylic acids is 1. The molecule has 0 fully saturated rings. The Hall–Kier alpha value is -4.83. The molecule has 0 bridgehead atoms. The SMILES string of the molecule is Cn1cnnc1-c1ccc(C(C)(C)F)cc1-c1cc(NCCCC#N)nc(N2Cc3c(cc(CN)cc3C(F)(F)F)C2=O)c1. The summed E-state index contributed by atoms with van der Waals surface area (Å²) < 4.78 is 59.0. The molecule has 13 heteroatoms. The number of nitrogens with two attached hydrogens (primary N) is 1. The fourth-order valence-electron chi connectivity index (χ4n) is 5.18. The summed E-state index contributed by atoms with van der Waals surface area (Å²) in [6.45, 7) is 2.72. The van der Waals surface area contributed by atoms with Crippen LogP contribution in [0.25, 0.3) is 22.5 Å². The Kier molecular flexibility index (Phi) is 8.13. The molecule has 2 aromatic carbocycles. The third kappa shape index (κ3) is 5.98. The van der Waals surface area contributed by atoms with Crippen molar-refractivity contribution in [2.24, 2.45) is 12.8 Å². The zero-order chi connectivity index (χ0) is 31.8. The van der Waals surface area contributed by atoms with E-state index in [1.807, 2.05) is 0 Å². The summed E-state index contributed by atoms with van der Waals surface area (Å²) in [5.41, 5.74) is 5.07. The third-order valence-corrected chi connectivity index (χ3v) is 7.47. The minimum absolute atomic E-state index is 0.0862. The van der Waals surface area contributed by atoms with Crippen molar-refractivity contribution in [2.45, 2.75) is 51.6 Å². The number of nitrogens with zero attached hydrogens (tertiary/aromatic N) is 6. The van der Waals surface area contributed by atoms with Gasteiger partial charge in [0.25, 0.3) is 5.91 Å². The molecule has 1 amide bonds. The van der Waals surface area contributed by atoms with Crippen LogP contribution in [0, 0.1) is 11.3 Å². The lowest BCUT2D eigenvalue weighted by Crippen LogP contribution is -2.24. The highest BCUT2D eigenvalue weighted by Gasteiger charge is 2.41. The topological polar surface area (TPSA) is 126 Å². The van der Waals surface area contributed by atoms with Gasteiger partial charge >= 0.3 is 6.18 Å². The van der Waals surface area contributed by atoms with Gasteiger partial charge in [0.2, 0.25) is 0 Å². The number of benzene rings is 2. The maximum atomic E-state index is 15.2. The average Bonchev–Trinajstić information content (AvgIpc) is 3.55. The number of amides is 1. The fourth-order valence-corrected chi connectivity index (χ4v) is 5.18. The summed E-state index contributed by atoms with van der Waals surface area (Å²) in [6, 6.07) is 12.8. The number of aryl methyl sites for hydroxylation is 1. The first-order chi connectivity index (χ1) is 20.8. The van der Waals surface area contributed by atoms with Crippen molar-refractivity contribution in [3.8, 4) is 28.6 Å². The number of halogens is 4. The molecule has 228 valence electrons. The summed E-state index contributed by atoms with van der Waals surface area (Å²) in [5.74, 6) is 0.279. The molecule has 0 saturated heterocycles. The van der Waals surface area contributed by atoms with Crippen molar-refractivity contribution in [1.29, 1.82) is 5.26 Å². The molecule has 2 aromatic heterocycles. The van der Waals surface area contributed by atoms with E-state index in [0.717, 1.165) is 6.07 Å². The van der Waals surface area contributed by atoms with Crippen LogP contribution in [0.15, 0.2) is 48.8 Å². The number of nitriles is 1. The van der Waals surface area contributed by atoms with Crippen LogP contribution in [0.5, 0.6) is 0 Å². The van der Waals surface area contributed by atoms with Crippen molar-refractivity contribution < 1.29 is 22.4 Å².